The first kappa shape index (κ1) is 20.9. The number of rotatable bonds is 7. The SMILES string of the molecule is COc1ccccc1CCNC(=O)CN1CCn2nc(-c3ccc(Cl)cc3)cc2C1=O. The second-order valence-corrected chi connectivity index (χ2v) is 7.72. The molecule has 1 aliphatic rings. The molecule has 160 valence electrons. The average Bonchev–Trinajstić information content (AvgIpc) is 3.22. The summed E-state index contributed by atoms with van der Waals surface area (Å²) in [6, 6.07) is 16.8. The Morgan fingerprint density at radius 1 is 1.16 bits per heavy atom. The van der Waals surface area contributed by atoms with E-state index < -0.39 is 0 Å². The van der Waals surface area contributed by atoms with Crippen molar-refractivity contribution in [1.82, 2.24) is 20.0 Å². The summed E-state index contributed by atoms with van der Waals surface area (Å²) in [7, 11) is 1.63. The van der Waals surface area contributed by atoms with E-state index in [1.165, 1.54) is 0 Å². The molecule has 31 heavy (non-hydrogen) atoms. The van der Waals surface area contributed by atoms with Gasteiger partial charge in [-0.1, -0.05) is 41.9 Å². The summed E-state index contributed by atoms with van der Waals surface area (Å²) >= 11 is 5.95. The van der Waals surface area contributed by atoms with Crippen LogP contribution in [0.25, 0.3) is 11.3 Å². The number of ether oxygens (including phenoxy) is 1. The Hall–Kier alpha value is -3.32. The smallest absolute Gasteiger partial charge is 0.272 e. The molecule has 3 aromatic rings. The van der Waals surface area contributed by atoms with Crippen molar-refractivity contribution in [2.75, 3.05) is 26.7 Å². The zero-order chi connectivity index (χ0) is 21.8. The normalized spacial score (nSPS) is 13.1. The number of carbonyl (C=O) groups excluding carboxylic acids is 2. The molecular weight excluding hydrogens is 416 g/mol. The number of methoxy groups -OCH3 is 1. The van der Waals surface area contributed by atoms with Gasteiger partial charge in [0.15, 0.2) is 0 Å². The van der Waals surface area contributed by atoms with E-state index >= 15 is 0 Å². The third-order valence-corrected chi connectivity index (χ3v) is 5.50. The van der Waals surface area contributed by atoms with E-state index in [0.29, 0.717) is 42.5 Å². The fourth-order valence-corrected chi connectivity index (χ4v) is 3.75. The lowest BCUT2D eigenvalue weighted by Gasteiger charge is -2.26. The van der Waals surface area contributed by atoms with E-state index in [9.17, 15) is 9.59 Å². The van der Waals surface area contributed by atoms with E-state index in [1.54, 1.807) is 34.9 Å². The summed E-state index contributed by atoms with van der Waals surface area (Å²) in [5.41, 5.74) is 3.11. The molecule has 8 heteroatoms. The maximum atomic E-state index is 12.9. The average molecular weight is 439 g/mol. The van der Waals surface area contributed by atoms with Crippen LogP contribution in [0.5, 0.6) is 5.75 Å². The van der Waals surface area contributed by atoms with Crippen LogP contribution in [0, 0.1) is 0 Å². The molecule has 0 saturated carbocycles. The molecule has 1 aliphatic heterocycles. The van der Waals surface area contributed by atoms with Gasteiger partial charge >= 0.3 is 0 Å². The number of hydrogen-bond donors (Lipinski definition) is 1. The Labute approximate surface area is 185 Å². The van der Waals surface area contributed by atoms with Crippen LogP contribution in [-0.2, 0) is 17.8 Å². The number of fused-ring (bicyclic) bond motifs is 1. The van der Waals surface area contributed by atoms with Gasteiger partial charge in [-0.15, -0.1) is 0 Å². The summed E-state index contributed by atoms with van der Waals surface area (Å²) in [6.45, 7) is 1.47. The number of benzene rings is 2. The Kier molecular flexibility index (Phi) is 6.23. The number of aromatic nitrogens is 2. The van der Waals surface area contributed by atoms with Crippen molar-refractivity contribution in [3.8, 4) is 17.0 Å². The van der Waals surface area contributed by atoms with Crippen LogP contribution in [0.2, 0.25) is 5.02 Å². The molecule has 7 nitrogen and oxygen atoms in total. The Bertz CT molecular complexity index is 1090. The molecule has 0 fully saturated rings. The minimum Gasteiger partial charge on any atom is -0.496 e. The van der Waals surface area contributed by atoms with Gasteiger partial charge < -0.3 is 15.0 Å². The van der Waals surface area contributed by atoms with Crippen molar-refractivity contribution in [2.24, 2.45) is 0 Å². The molecule has 4 rings (SSSR count). The lowest BCUT2D eigenvalue weighted by molar-refractivity contribution is -0.121. The first-order valence-corrected chi connectivity index (χ1v) is 10.4. The van der Waals surface area contributed by atoms with Crippen molar-refractivity contribution in [1.29, 1.82) is 0 Å². The number of para-hydroxylation sites is 1. The summed E-state index contributed by atoms with van der Waals surface area (Å²) in [4.78, 5) is 26.8. The van der Waals surface area contributed by atoms with Gasteiger partial charge in [-0.3, -0.25) is 14.3 Å². The molecule has 0 spiro atoms. The topological polar surface area (TPSA) is 76.5 Å². The molecule has 0 atom stereocenters. The summed E-state index contributed by atoms with van der Waals surface area (Å²) in [5, 5.41) is 8.06. The molecular formula is C23H23ClN4O3. The summed E-state index contributed by atoms with van der Waals surface area (Å²) in [5.74, 6) is 0.417. The quantitative estimate of drug-likeness (QED) is 0.615. The first-order valence-electron chi connectivity index (χ1n) is 10.1. The van der Waals surface area contributed by atoms with Crippen molar-refractivity contribution in [3.63, 3.8) is 0 Å². The fourth-order valence-electron chi connectivity index (χ4n) is 3.63. The molecule has 0 unspecified atom stereocenters. The number of halogens is 1. The van der Waals surface area contributed by atoms with Crippen molar-refractivity contribution in [2.45, 2.75) is 13.0 Å². The number of hydrogen-bond acceptors (Lipinski definition) is 4. The lowest BCUT2D eigenvalue weighted by Crippen LogP contribution is -2.46. The molecule has 2 heterocycles. The monoisotopic (exact) mass is 438 g/mol. The minimum atomic E-state index is -0.196. The van der Waals surface area contributed by atoms with Crippen molar-refractivity contribution in [3.05, 3.63) is 70.9 Å². The third kappa shape index (κ3) is 4.72. The number of nitrogens with one attached hydrogen (secondary N) is 1. The zero-order valence-electron chi connectivity index (χ0n) is 17.2. The van der Waals surface area contributed by atoms with Crippen molar-refractivity contribution >= 4 is 23.4 Å². The standard InChI is InChI=1S/C23H23ClN4O3/c1-31-21-5-3-2-4-17(21)10-11-25-22(29)15-27-12-13-28-20(23(27)30)14-19(26-28)16-6-8-18(24)9-7-16/h2-9,14H,10-13,15H2,1H3,(H,25,29). The summed E-state index contributed by atoms with van der Waals surface area (Å²) < 4.78 is 7.03. The molecule has 0 bridgehead atoms. The fraction of sp³-hybridized carbons (Fsp3) is 0.261. The van der Waals surface area contributed by atoms with Gasteiger partial charge in [-0.25, -0.2) is 0 Å². The largest absolute Gasteiger partial charge is 0.496 e. The van der Waals surface area contributed by atoms with Crippen LogP contribution >= 0.6 is 11.6 Å². The van der Waals surface area contributed by atoms with Gasteiger partial charge in [0.25, 0.3) is 5.91 Å². The number of amides is 2. The van der Waals surface area contributed by atoms with Crippen LogP contribution in [0.3, 0.4) is 0 Å². The second-order valence-electron chi connectivity index (χ2n) is 7.28. The molecule has 0 aliphatic carbocycles. The van der Waals surface area contributed by atoms with Gasteiger partial charge in [0.2, 0.25) is 5.91 Å². The predicted octanol–water partition coefficient (Wildman–Crippen LogP) is 3.03. The van der Waals surface area contributed by atoms with Crippen LogP contribution < -0.4 is 10.1 Å². The van der Waals surface area contributed by atoms with E-state index in [1.807, 2.05) is 36.4 Å². The number of carbonyl (C=O) groups is 2. The van der Waals surface area contributed by atoms with E-state index in [0.717, 1.165) is 16.9 Å². The maximum absolute atomic E-state index is 12.9. The van der Waals surface area contributed by atoms with Gasteiger partial charge in [0, 0.05) is 23.7 Å². The van der Waals surface area contributed by atoms with Gasteiger partial charge in [-0.05, 0) is 36.2 Å². The van der Waals surface area contributed by atoms with Crippen LogP contribution in [0.15, 0.2) is 54.6 Å². The van der Waals surface area contributed by atoms with E-state index in [4.69, 9.17) is 16.3 Å². The Morgan fingerprint density at radius 2 is 1.94 bits per heavy atom. The zero-order valence-corrected chi connectivity index (χ0v) is 17.9. The highest BCUT2D eigenvalue weighted by Gasteiger charge is 2.28. The highest BCUT2D eigenvalue weighted by molar-refractivity contribution is 6.30. The summed E-state index contributed by atoms with van der Waals surface area (Å²) in [6.07, 6.45) is 0.654. The highest BCUT2D eigenvalue weighted by Crippen LogP contribution is 2.23. The van der Waals surface area contributed by atoms with E-state index in [-0.39, 0.29) is 18.4 Å². The lowest BCUT2D eigenvalue weighted by atomic mass is 10.1. The van der Waals surface area contributed by atoms with Gasteiger partial charge in [0.1, 0.15) is 11.4 Å². The molecule has 0 saturated heterocycles. The number of nitrogens with zero attached hydrogens (tertiary/aromatic N) is 3. The predicted molar refractivity (Wildman–Crippen MR) is 118 cm³/mol. The molecule has 2 aromatic carbocycles. The molecule has 1 aromatic heterocycles. The second kappa shape index (κ2) is 9.22. The van der Waals surface area contributed by atoms with Crippen LogP contribution in [0.1, 0.15) is 16.1 Å². The first-order chi connectivity index (χ1) is 15.0. The maximum Gasteiger partial charge on any atom is 0.272 e. The van der Waals surface area contributed by atoms with Crippen molar-refractivity contribution < 1.29 is 14.3 Å². The molecule has 2 amide bonds. The Balaban J connectivity index is 1.35. The van der Waals surface area contributed by atoms with Gasteiger partial charge in [-0.2, -0.15) is 5.10 Å². The van der Waals surface area contributed by atoms with Crippen LogP contribution in [0.4, 0.5) is 0 Å². The molecule has 0 radical (unpaired) electrons. The third-order valence-electron chi connectivity index (χ3n) is 5.25. The molecule has 1 N–H and O–H groups in total. The Morgan fingerprint density at radius 3 is 2.71 bits per heavy atom. The highest BCUT2D eigenvalue weighted by atomic mass is 35.5. The minimum absolute atomic E-state index is 0.0201. The van der Waals surface area contributed by atoms with Crippen LogP contribution in [-0.4, -0.2) is 53.2 Å². The van der Waals surface area contributed by atoms with E-state index in [2.05, 4.69) is 10.4 Å². The van der Waals surface area contributed by atoms with Gasteiger partial charge in [0.05, 0.1) is 25.9 Å².